The summed E-state index contributed by atoms with van der Waals surface area (Å²) in [5, 5.41) is 0. The summed E-state index contributed by atoms with van der Waals surface area (Å²) in [6, 6.07) is 15.1. The Bertz CT molecular complexity index is 1050. The smallest absolute Gasteiger partial charge is 0.0305 e. The Labute approximate surface area is 230 Å². The van der Waals surface area contributed by atoms with Crippen molar-refractivity contribution < 1.29 is 0 Å². The highest BCUT2D eigenvalue weighted by molar-refractivity contribution is 5.85. The maximum absolute atomic E-state index is 2.69. The highest BCUT2D eigenvalue weighted by atomic mass is 14.8. The average molecular weight is 501 g/mol. The third-order valence-electron chi connectivity index (χ3n) is 10.2. The second kappa shape index (κ2) is 11.3. The number of fused-ring (bicyclic) bond motifs is 5. The first-order valence-electron chi connectivity index (χ1n) is 15.9. The zero-order chi connectivity index (χ0) is 26.8. The van der Waals surface area contributed by atoms with Crippen LogP contribution in [0, 0.1) is 11.3 Å². The summed E-state index contributed by atoms with van der Waals surface area (Å²) in [6.07, 6.45) is 16.6. The van der Waals surface area contributed by atoms with Gasteiger partial charge in [-0.1, -0.05) is 156 Å². The molecular formula is C37H56. The van der Waals surface area contributed by atoms with Gasteiger partial charge in [-0.2, -0.15) is 0 Å². The van der Waals surface area contributed by atoms with E-state index in [0.29, 0.717) is 11.3 Å². The van der Waals surface area contributed by atoms with Crippen molar-refractivity contribution in [2.45, 2.75) is 149 Å². The molecule has 0 heteroatoms. The van der Waals surface area contributed by atoms with Crippen LogP contribution in [0.4, 0.5) is 0 Å². The van der Waals surface area contributed by atoms with Gasteiger partial charge in [-0.15, -0.1) is 0 Å². The van der Waals surface area contributed by atoms with Crippen LogP contribution in [-0.4, -0.2) is 0 Å². The first kappa shape index (κ1) is 28.4. The Balaban J connectivity index is 1.78. The lowest BCUT2D eigenvalue weighted by atomic mass is 9.78. The Morgan fingerprint density at radius 2 is 1.30 bits per heavy atom. The van der Waals surface area contributed by atoms with Crippen molar-refractivity contribution in [2.75, 3.05) is 0 Å². The SMILES string of the molecule is CCCCCCCC1C(C)(CCCCCCC)C12c1cc(C(C)C)ccc1-c1ccc(C(C)(C)C)cc12. The molecule has 37 heavy (non-hydrogen) atoms. The Morgan fingerprint density at radius 1 is 0.730 bits per heavy atom. The van der Waals surface area contributed by atoms with Crippen LogP contribution < -0.4 is 0 Å². The summed E-state index contributed by atoms with van der Waals surface area (Å²) in [4.78, 5) is 0. The van der Waals surface area contributed by atoms with E-state index in [9.17, 15) is 0 Å². The highest BCUT2D eigenvalue weighted by Gasteiger charge is 2.75. The summed E-state index contributed by atoms with van der Waals surface area (Å²) >= 11 is 0. The Hall–Kier alpha value is -1.56. The van der Waals surface area contributed by atoms with Crippen LogP contribution in [0.25, 0.3) is 11.1 Å². The van der Waals surface area contributed by atoms with Gasteiger partial charge in [0.15, 0.2) is 0 Å². The third kappa shape index (κ3) is 5.08. The Kier molecular flexibility index (Phi) is 8.67. The van der Waals surface area contributed by atoms with Gasteiger partial charge >= 0.3 is 0 Å². The standard InChI is InChI=1S/C37H56/c1-9-11-13-15-17-19-34-36(8,24-18-16-14-12-10-2)37(34)32-25-28(27(3)4)20-22-30(32)31-23-21-29(26-33(31)37)35(5,6)7/h20-23,25-27,34H,9-19,24H2,1-8H3. The molecule has 1 spiro atoms. The molecule has 0 radical (unpaired) electrons. The van der Waals surface area contributed by atoms with Crippen LogP contribution >= 0.6 is 0 Å². The minimum atomic E-state index is 0.176. The van der Waals surface area contributed by atoms with Gasteiger partial charge in [0, 0.05) is 5.41 Å². The normalized spacial score (nSPS) is 24.1. The van der Waals surface area contributed by atoms with Crippen LogP contribution in [0.15, 0.2) is 36.4 Å². The summed E-state index contributed by atoms with van der Waals surface area (Å²) < 4.78 is 0. The summed E-state index contributed by atoms with van der Waals surface area (Å²) in [6.45, 7) is 19.2. The number of benzene rings is 2. The fraction of sp³-hybridized carbons (Fsp3) is 0.676. The lowest BCUT2D eigenvalue weighted by Crippen LogP contribution is -2.18. The second-order valence-electron chi connectivity index (χ2n) is 14.1. The minimum absolute atomic E-state index is 0.176. The Morgan fingerprint density at radius 3 is 1.89 bits per heavy atom. The van der Waals surface area contributed by atoms with E-state index in [1.165, 1.54) is 99.3 Å². The quantitative estimate of drug-likeness (QED) is 0.240. The molecule has 0 aliphatic heterocycles. The molecule has 0 bridgehead atoms. The van der Waals surface area contributed by atoms with Crippen LogP contribution in [0.1, 0.15) is 161 Å². The molecule has 3 unspecified atom stereocenters. The largest absolute Gasteiger partial charge is 0.0654 e. The lowest BCUT2D eigenvalue weighted by molar-refractivity contribution is 0.397. The first-order chi connectivity index (χ1) is 17.6. The maximum atomic E-state index is 2.69. The van der Waals surface area contributed by atoms with Gasteiger partial charge in [0.25, 0.3) is 0 Å². The fourth-order valence-electron chi connectivity index (χ4n) is 7.92. The molecular weight excluding hydrogens is 444 g/mol. The first-order valence-corrected chi connectivity index (χ1v) is 15.9. The van der Waals surface area contributed by atoms with E-state index in [2.05, 4.69) is 91.8 Å². The highest BCUT2D eigenvalue weighted by Crippen LogP contribution is 2.80. The van der Waals surface area contributed by atoms with E-state index < -0.39 is 0 Å². The second-order valence-corrected chi connectivity index (χ2v) is 14.1. The van der Waals surface area contributed by atoms with Crippen molar-refractivity contribution in [1.82, 2.24) is 0 Å². The van der Waals surface area contributed by atoms with Crippen LogP contribution in [-0.2, 0) is 10.8 Å². The molecule has 0 saturated heterocycles. The summed E-state index contributed by atoms with van der Waals surface area (Å²) in [5.74, 6) is 1.34. The molecule has 2 aromatic rings. The van der Waals surface area contributed by atoms with E-state index in [-0.39, 0.29) is 10.8 Å². The lowest BCUT2D eigenvalue weighted by Gasteiger charge is -2.25. The zero-order valence-electron chi connectivity index (χ0n) is 25.6. The molecule has 2 aliphatic rings. The van der Waals surface area contributed by atoms with Gasteiger partial charge in [0.05, 0.1) is 0 Å². The molecule has 204 valence electrons. The van der Waals surface area contributed by atoms with Gasteiger partial charge in [0.2, 0.25) is 0 Å². The summed E-state index contributed by atoms with van der Waals surface area (Å²) in [7, 11) is 0. The molecule has 2 aromatic carbocycles. The van der Waals surface area contributed by atoms with Gasteiger partial charge in [-0.25, -0.2) is 0 Å². The van der Waals surface area contributed by atoms with Crippen molar-refractivity contribution in [3.63, 3.8) is 0 Å². The van der Waals surface area contributed by atoms with Crippen molar-refractivity contribution >= 4 is 0 Å². The van der Waals surface area contributed by atoms with Gasteiger partial charge in [-0.05, 0) is 68.9 Å². The molecule has 1 fully saturated rings. The van der Waals surface area contributed by atoms with Crippen molar-refractivity contribution in [3.05, 3.63) is 58.7 Å². The van der Waals surface area contributed by atoms with Gasteiger partial charge in [-0.3, -0.25) is 0 Å². The number of rotatable bonds is 13. The fourth-order valence-corrected chi connectivity index (χ4v) is 7.92. The van der Waals surface area contributed by atoms with E-state index >= 15 is 0 Å². The third-order valence-corrected chi connectivity index (χ3v) is 10.2. The summed E-state index contributed by atoms with van der Waals surface area (Å²) in [5.41, 5.74) is 10.2. The van der Waals surface area contributed by atoms with E-state index in [1.54, 1.807) is 11.1 Å². The number of hydrogen-bond acceptors (Lipinski definition) is 0. The van der Waals surface area contributed by atoms with Crippen molar-refractivity contribution in [3.8, 4) is 11.1 Å². The molecule has 0 amide bonds. The van der Waals surface area contributed by atoms with Crippen molar-refractivity contribution in [2.24, 2.45) is 11.3 Å². The van der Waals surface area contributed by atoms with Gasteiger partial charge < -0.3 is 0 Å². The topological polar surface area (TPSA) is 0 Å². The van der Waals surface area contributed by atoms with E-state index in [4.69, 9.17) is 0 Å². The minimum Gasteiger partial charge on any atom is -0.0654 e. The predicted octanol–water partition coefficient (Wildman–Crippen LogP) is 11.7. The number of hydrogen-bond donors (Lipinski definition) is 0. The molecule has 4 rings (SSSR count). The average Bonchev–Trinajstić information content (AvgIpc) is 3.25. The van der Waals surface area contributed by atoms with E-state index in [0.717, 1.165) is 5.92 Å². The van der Waals surface area contributed by atoms with Gasteiger partial charge in [0.1, 0.15) is 0 Å². The van der Waals surface area contributed by atoms with Crippen molar-refractivity contribution in [1.29, 1.82) is 0 Å². The molecule has 0 heterocycles. The molecule has 0 N–H and O–H groups in total. The molecule has 2 aliphatic carbocycles. The molecule has 3 atom stereocenters. The predicted molar refractivity (Wildman–Crippen MR) is 164 cm³/mol. The number of unbranched alkanes of at least 4 members (excludes halogenated alkanes) is 8. The molecule has 0 aromatic heterocycles. The zero-order valence-corrected chi connectivity index (χ0v) is 25.6. The monoisotopic (exact) mass is 500 g/mol. The maximum Gasteiger partial charge on any atom is 0.0305 e. The molecule has 0 nitrogen and oxygen atoms in total. The van der Waals surface area contributed by atoms with E-state index in [1.807, 2.05) is 0 Å². The van der Waals surface area contributed by atoms with Crippen LogP contribution in [0.2, 0.25) is 0 Å². The van der Waals surface area contributed by atoms with Crippen LogP contribution in [0.3, 0.4) is 0 Å². The van der Waals surface area contributed by atoms with Crippen LogP contribution in [0.5, 0.6) is 0 Å². The molecule has 1 saturated carbocycles.